The Morgan fingerprint density at radius 2 is 1.96 bits per heavy atom. The molecule has 0 saturated carbocycles. The van der Waals surface area contributed by atoms with Gasteiger partial charge in [0.15, 0.2) is 11.5 Å². The number of nitrogens with zero attached hydrogens (tertiary/aromatic N) is 1. The summed E-state index contributed by atoms with van der Waals surface area (Å²) < 4.78 is 11.3. The Bertz CT molecular complexity index is 745. The van der Waals surface area contributed by atoms with Crippen LogP contribution in [-0.4, -0.2) is 12.1 Å². The SMILES string of the molecule is COc1cc(C[NH2+]Cc2cccnc2)ccc1OCc1cccs1. The molecule has 3 aromatic rings. The van der Waals surface area contributed by atoms with E-state index in [4.69, 9.17) is 9.47 Å². The van der Waals surface area contributed by atoms with Gasteiger partial charge in [-0.25, -0.2) is 0 Å². The fourth-order valence-electron chi connectivity index (χ4n) is 2.43. The first-order chi connectivity index (χ1) is 11.8. The highest BCUT2D eigenvalue weighted by atomic mass is 32.1. The van der Waals surface area contributed by atoms with E-state index in [1.165, 1.54) is 16.0 Å². The molecule has 2 aromatic heterocycles. The van der Waals surface area contributed by atoms with E-state index in [0.29, 0.717) is 6.61 Å². The zero-order valence-electron chi connectivity index (χ0n) is 13.6. The predicted octanol–water partition coefficient (Wildman–Crippen LogP) is 2.99. The number of hydrogen-bond donors (Lipinski definition) is 1. The number of rotatable bonds is 8. The van der Waals surface area contributed by atoms with Gasteiger partial charge in [-0.3, -0.25) is 4.98 Å². The normalized spacial score (nSPS) is 10.5. The van der Waals surface area contributed by atoms with Crippen LogP contribution in [0.3, 0.4) is 0 Å². The molecule has 124 valence electrons. The maximum Gasteiger partial charge on any atom is 0.161 e. The highest BCUT2D eigenvalue weighted by Gasteiger charge is 2.08. The Kier molecular flexibility index (Phi) is 5.82. The van der Waals surface area contributed by atoms with Gasteiger partial charge >= 0.3 is 0 Å². The summed E-state index contributed by atoms with van der Waals surface area (Å²) in [7, 11) is 1.68. The summed E-state index contributed by atoms with van der Waals surface area (Å²) in [4.78, 5) is 5.34. The van der Waals surface area contributed by atoms with Crippen LogP contribution in [-0.2, 0) is 19.7 Å². The third-order valence-corrected chi connectivity index (χ3v) is 4.51. The molecule has 0 atom stereocenters. The lowest BCUT2D eigenvalue weighted by Crippen LogP contribution is -2.80. The summed E-state index contributed by atoms with van der Waals surface area (Å²) in [6.07, 6.45) is 3.70. The van der Waals surface area contributed by atoms with Gasteiger partial charge in [0.1, 0.15) is 19.7 Å². The first-order valence-corrected chi connectivity index (χ1v) is 8.76. The van der Waals surface area contributed by atoms with Crippen molar-refractivity contribution in [1.82, 2.24) is 4.98 Å². The van der Waals surface area contributed by atoms with Crippen LogP contribution in [0.15, 0.2) is 60.2 Å². The molecule has 4 nitrogen and oxygen atoms in total. The third-order valence-electron chi connectivity index (χ3n) is 3.66. The highest BCUT2D eigenvalue weighted by Crippen LogP contribution is 2.29. The quantitative estimate of drug-likeness (QED) is 0.685. The van der Waals surface area contributed by atoms with Crippen molar-refractivity contribution in [3.8, 4) is 11.5 Å². The molecular weight excluding hydrogens is 320 g/mol. The van der Waals surface area contributed by atoms with Crippen LogP contribution in [0.2, 0.25) is 0 Å². The first-order valence-electron chi connectivity index (χ1n) is 7.88. The number of methoxy groups -OCH3 is 1. The zero-order chi connectivity index (χ0) is 16.6. The molecule has 0 saturated heterocycles. The van der Waals surface area contributed by atoms with Gasteiger partial charge < -0.3 is 14.8 Å². The summed E-state index contributed by atoms with van der Waals surface area (Å²) in [5, 5.41) is 4.30. The molecule has 24 heavy (non-hydrogen) atoms. The average Bonchev–Trinajstić information content (AvgIpc) is 3.15. The van der Waals surface area contributed by atoms with E-state index in [2.05, 4.69) is 33.9 Å². The Balaban J connectivity index is 1.56. The molecule has 0 fully saturated rings. The van der Waals surface area contributed by atoms with Crippen molar-refractivity contribution in [2.24, 2.45) is 0 Å². The first kappa shape index (κ1) is 16.5. The molecular formula is C19H21N2O2S+. The van der Waals surface area contributed by atoms with E-state index in [9.17, 15) is 0 Å². The van der Waals surface area contributed by atoms with Gasteiger partial charge in [0.2, 0.25) is 0 Å². The van der Waals surface area contributed by atoms with Gasteiger partial charge in [0, 0.05) is 28.4 Å². The van der Waals surface area contributed by atoms with E-state index in [-0.39, 0.29) is 0 Å². The summed E-state index contributed by atoms with van der Waals surface area (Å²) in [5.41, 5.74) is 2.43. The van der Waals surface area contributed by atoms with Gasteiger partial charge in [0.25, 0.3) is 0 Å². The van der Waals surface area contributed by atoms with E-state index in [0.717, 1.165) is 24.6 Å². The molecule has 2 heterocycles. The zero-order valence-corrected chi connectivity index (χ0v) is 14.5. The molecule has 0 unspecified atom stereocenters. The van der Waals surface area contributed by atoms with Crippen molar-refractivity contribution in [2.75, 3.05) is 7.11 Å². The van der Waals surface area contributed by atoms with Crippen LogP contribution in [0, 0.1) is 0 Å². The van der Waals surface area contributed by atoms with Crippen LogP contribution >= 0.6 is 11.3 Å². The summed E-state index contributed by atoms with van der Waals surface area (Å²) >= 11 is 1.69. The maximum atomic E-state index is 5.87. The number of thiophene rings is 1. The molecule has 0 amide bonds. The number of quaternary nitrogens is 1. The molecule has 0 spiro atoms. The van der Waals surface area contributed by atoms with Crippen LogP contribution in [0.5, 0.6) is 11.5 Å². The van der Waals surface area contributed by atoms with Crippen molar-refractivity contribution in [3.05, 3.63) is 76.2 Å². The number of nitrogens with two attached hydrogens (primary N) is 1. The predicted molar refractivity (Wildman–Crippen MR) is 95.2 cm³/mol. The monoisotopic (exact) mass is 341 g/mol. The molecule has 1 aromatic carbocycles. The second-order valence-electron chi connectivity index (χ2n) is 5.41. The standard InChI is InChI=1S/C19H20N2O2S/c1-22-19-10-15(11-21-13-16-4-2-8-20-12-16)6-7-18(19)23-14-17-5-3-9-24-17/h2-10,12,21H,11,13-14H2,1H3/p+1. The molecule has 0 radical (unpaired) electrons. The van der Waals surface area contributed by atoms with Crippen molar-refractivity contribution in [3.63, 3.8) is 0 Å². The van der Waals surface area contributed by atoms with E-state index < -0.39 is 0 Å². The van der Waals surface area contributed by atoms with E-state index in [1.807, 2.05) is 30.5 Å². The van der Waals surface area contributed by atoms with Gasteiger partial charge in [-0.05, 0) is 35.7 Å². The minimum Gasteiger partial charge on any atom is -0.493 e. The third kappa shape index (κ3) is 4.57. The molecule has 0 aliphatic carbocycles. The largest absolute Gasteiger partial charge is 0.493 e. The number of hydrogen-bond acceptors (Lipinski definition) is 4. The summed E-state index contributed by atoms with van der Waals surface area (Å²) in [6, 6.07) is 14.3. The highest BCUT2D eigenvalue weighted by molar-refractivity contribution is 7.09. The van der Waals surface area contributed by atoms with Gasteiger partial charge in [-0.15, -0.1) is 11.3 Å². The van der Waals surface area contributed by atoms with Crippen molar-refractivity contribution >= 4 is 11.3 Å². The Morgan fingerprint density at radius 3 is 2.71 bits per heavy atom. The number of ether oxygens (including phenoxy) is 2. The van der Waals surface area contributed by atoms with Crippen molar-refractivity contribution in [1.29, 1.82) is 0 Å². The maximum absolute atomic E-state index is 5.87. The lowest BCUT2D eigenvalue weighted by atomic mass is 10.2. The molecule has 0 aliphatic heterocycles. The minimum absolute atomic E-state index is 0.570. The van der Waals surface area contributed by atoms with Crippen LogP contribution in [0.1, 0.15) is 16.0 Å². The van der Waals surface area contributed by atoms with Gasteiger partial charge in [0.05, 0.1) is 7.11 Å². The number of benzene rings is 1. The molecule has 2 N–H and O–H groups in total. The van der Waals surface area contributed by atoms with E-state index >= 15 is 0 Å². The van der Waals surface area contributed by atoms with Crippen molar-refractivity contribution < 1.29 is 14.8 Å². The molecule has 3 rings (SSSR count). The number of aromatic nitrogens is 1. The Morgan fingerprint density at radius 1 is 1.04 bits per heavy atom. The van der Waals surface area contributed by atoms with Crippen LogP contribution in [0.4, 0.5) is 0 Å². The smallest absolute Gasteiger partial charge is 0.161 e. The van der Waals surface area contributed by atoms with Crippen LogP contribution in [0.25, 0.3) is 0 Å². The topological polar surface area (TPSA) is 48.0 Å². The fourth-order valence-corrected chi connectivity index (χ4v) is 3.04. The molecule has 0 bridgehead atoms. The van der Waals surface area contributed by atoms with Gasteiger partial charge in [-0.1, -0.05) is 12.1 Å². The lowest BCUT2D eigenvalue weighted by Gasteiger charge is -2.11. The van der Waals surface area contributed by atoms with E-state index in [1.54, 1.807) is 24.6 Å². The second kappa shape index (κ2) is 8.47. The molecule has 0 aliphatic rings. The number of pyridine rings is 1. The minimum atomic E-state index is 0.570. The Hall–Kier alpha value is -2.37. The fraction of sp³-hybridized carbons (Fsp3) is 0.211. The van der Waals surface area contributed by atoms with Crippen LogP contribution < -0.4 is 14.8 Å². The lowest BCUT2D eigenvalue weighted by molar-refractivity contribution is -0.686. The second-order valence-corrected chi connectivity index (χ2v) is 6.44. The summed E-state index contributed by atoms with van der Waals surface area (Å²) in [6.45, 7) is 2.36. The molecule has 5 heteroatoms. The summed E-state index contributed by atoms with van der Waals surface area (Å²) in [5.74, 6) is 1.56. The van der Waals surface area contributed by atoms with Crippen molar-refractivity contribution in [2.45, 2.75) is 19.7 Å². The van der Waals surface area contributed by atoms with Gasteiger partial charge in [-0.2, -0.15) is 0 Å². The Labute approximate surface area is 146 Å². The average molecular weight is 341 g/mol.